The minimum atomic E-state index is 0.302. The number of hydrogen-bond donors (Lipinski definition) is 1. The van der Waals surface area contributed by atoms with Crippen LogP contribution in [0.25, 0.3) is 0 Å². The first-order valence-electron chi connectivity index (χ1n) is 4.46. The summed E-state index contributed by atoms with van der Waals surface area (Å²) < 4.78 is 0. The molecule has 1 rings (SSSR count). The van der Waals surface area contributed by atoms with E-state index in [0.29, 0.717) is 16.8 Å². The molecule has 0 aromatic heterocycles. The third kappa shape index (κ3) is 1.70. The van der Waals surface area contributed by atoms with E-state index in [1.165, 1.54) is 6.42 Å². The zero-order chi connectivity index (χ0) is 8.48. The van der Waals surface area contributed by atoms with E-state index in [9.17, 15) is 0 Å². The molecule has 1 N–H and O–H groups in total. The van der Waals surface area contributed by atoms with Gasteiger partial charge in [-0.1, -0.05) is 20.8 Å². The van der Waals surface area contributed by atoms with Crippen LogP contribution in [0.2, 0.25) is 0 Å². The van der Waals surface area contributed by atoms with Gasteiger partial charge in [0.15, 0.2) is 0 Å². The minimum absolute atomic E-state index is 0.302. The summed E-state index contributed by atoms with van der Waals surface area (Å²) in [5, 5.41) is 3.88. The molecule has 1 aliphatic carbocycles. The third-order valence-electron chi connectivity index (χ3n) is 2.79. The first kappa shape index (κ1) is 9.34. The zero-order valence-corrected chi connectivity index (χ0v) is 8.41. The largest absolute Gasteiger partial charge is 0.313 e. The molecule has 11 heavy (non-hydrogen) atoms. The van der Waals surface area contributed by atoms with E-state index in [4.69, 9.17) is 11.6 Å². The predicted molar refractivity (Wildman–Crippen MR) is 50.1 cm³/mol. The summed E-state index contributed by atoms with van der Waals surface area (Å²) in [5.41, 5.74) is 0.302. The van der Waals surface area contributed by atoms with Crippen LogP contribution in [0.15, 0.2) is 0 Å². The van der Waals surface area contributed by atoms with Crippen LogP contribution in [0.4, 0.5) is 0 Å². The average molecular weight is 176 g/mol. The van der Waals surface area contributed by atoms with Crippen molar-refractivity contribution in [1.29, 1.82) is 0 Å². The Labute approximate surface area is 74.5 Å². The Bertz CT molecular complexity index is 134. The van der Waals surface area contributed by atoms with E-state index < -0.39 is 0 Å². The molecular weight excluding hydrogens is 158 g/mol. The van der Waals surface area contributed by atoms with Gasteiger partial charge >= 0.3 is 0 Å². The maximum atomic E-state index is 6.07. The molecule has 2 unspecified atom stereocenters. The third-order valence-corrected chi connectivity index (χ3v) is 3.53. The first-order valence-corrected chi connectivity index (χ1v) is 4.90. The maximum Gasteiger partial charge on any atom is 0.0416 e. The molecule has 0 aliphatic heterocycles. The Morgan fingerprint density at radius 2 is 2.18 bits per heavy atom. The van der Waals surface area contributed by atoms with Crippen molar-refractivity contribution in [1.82, 2.24) is 5.32 Å². The van der Waals surface area contributed by atoms with Crippen LogP contribution in [-0.2, 0) is 0 Å². The van der Waals surface area contributed by atoms with E-state index in [2.05, 4.69) is 26.1 Å². The van der Waals surface area contributed by atoms with Gasteiger partial charge in [-0.2, -0.15) is 0 Å². The van der Waals surface area contributed by atoms with Crippen molar-refractivity contribution < 1.29 is 0 Å². The summed E-state index contributed by atoms with van der Waals surface area (Å²) in [6.07, 6.45) is 2.34. The van der Waals surface area contributed by atoms with E-state index in [1.54, 1.807) is 0 Å². The highest BCUT2D eigenvalue weighted by Gasteiger charge is 2.46. The summed E-state index contributed by atoms with van der Waals surface area (Å²) in [4.78, 5) is 0. The molecular formula is C9H18ClN. The van der Waals surface area contributed by atoms with Crippen LogP contribution in [-0.4, -0.2) is 18.0 Å². The van der Waals surface area contributed by atoms with Crippen LogP contribution in [0.3, 0.4) is 0 Å². The van der Waals surface area contributed by atoms with Gasteiger partial charge < -0.3 is 5.32 Å². The predicted octanol–water partition coefficient (Wildman–Crippen LogP) is 2.39. The molecule has 1 saturated carbocycles. The van der Waals surface area contributed by atoms with Crippen LogP contribution < -0.4 is 5.32 Å². The Kier molecular flexibility index (Phi) is 2.82. The number of nitrogens with one attached hydrogen (secondary N) is 1. The summed E-state index contributed by atoms with van der Waals surface area (Å²) in [5.74, 6) is 0. The highest BCUT2D eigenvalue weighted by Crippen LogP contribution is 2.44. The molecule has 0 amide bonds. The molecule has 2 heteroatoms. The topological polar surface area (TPSA) is 12.0 Å². The molecule has 66 valence electrons. The van der Waals surface area contributed by atoms with Gasteiger partial charge in [-0.3, -0.25) is 0 Å². The summed E-state index contributed by atoms with van der Waals surface area (Å²) in [7, 11) is 0. The summed E-state index contributed by atoms with van der Waals surface area (Å²) in [6, 6.07) is 0.643. The summed E-state index contributed by atoms with van der Waals surface area (Å²) in [6.45, 7) is 7.79. The Morgan fingerprint density at radius 3 is 2.55 bits per heavy atom. The normalized spacial score (nSPS) is 34.9. The molecule has 2 atom stereocenters. The Morgan fingerprint density at radius 1 is 1.55 bits per heavy atom. The lowest BCUT2D eigenvalue weighted by molar-refractivity contribution is 0.117. The second-order valence-electron chi connectivity index (χ2n) is 4.03. The van der Waals surface area contributed by atoms with Gasteiger partial charge in [-0.15, -0.1) is 11.6 Å². The summed E-state index contributed by atoms with van der Waals surface area (Å²) >= 11 is 6.07. The fourth-order valence-electron chi connectivity index (χ4n) is 1.54. The van der Waals surface area contributed by atoms with Gasteiger partial charge in [0.2, 0.25) is 0 Å². The van der Waals surface area contributed by atoms with Crippen LogP contribution in [0, 0.1) is 5.41 Å². The standard InChI is InChI=1S/C9H18ClN/c1-4-5-11-8-6-7(10)9(8,2)3/h7-8,11H,4-6H2,1-3H3. The average Bonchev–Trinajstić information content (AvgIpc) is 1.97. The zero-order valence-electron chi connectivity index (χ0n) is 7.65. The van der Waals surface area contributed by atoms with Crippen molar-refractivity contribution in [3.05, 3.63) is 0 Å². The molecule has 1 fully saturated rings. The lowest BCUT2D eigenvalue weighted by atomic mass is 9.67. The van der Waals surface area contributed by atoms with Gasteiger partial charge in [0.1, 0.15) is 0 Å². The lowest BCUT2D eigenvalue weighted by Gasteiger charge is -2.49. The van der Waals surface area contributed by atoms with Gasteiger partial charge in [0, 0.05) is 11.4 Å². The number of hydrogen-bond acceptors (Lipinski definition) is 1. The fraction of sp³-hybridized carbons (Fsp3) is 1.00. The molecule has 1 nitrogen and oxygen atoms in total. The first-order chi connectivity index (χ1) is 5.09. The molecule has 0 bridgehead atoms. The highest BCUT2D eigenvalue weighted by molar-refractivity contribution is 6.21. The van der Waals surface area contributed by atoms with Crippen molar-refractivity contribution in [2.24, 2.45) is 5.41 Å². The molecule has 0 heterocycles. The van der Waals surface area contributed by atoms with Crippen molar-refractivity contribution >= 4 is 11.6 Å². The van der Waals surface area contributed by atoms with E-state index in [-0.39, 0.29) is 0 Å². The van der Waals surface area contributed by atoms with Gasteiger partial charge in [-0.05, 0) is 24.8 Å². The van der Waals surface area contributed by atoms with E-state index >= 15 is 0 Å². The van der Waals surface area contributed by atoms with Crippen molar-refractivity contribution in [3.63, 3.8) is 0 Å². The molecule has 0 radical (unpaired) electrons. The quantitative estimate of drug-likeness (QED) is 0.650. The monoisotopic (exact) mass is 175 g/mol. The highest BCUT2D eigenvalue weighted by atomic mass is 35.5. The molecule has 0 aromatic carbocycles. The van der Waals surface area contributed by atoms with Gasteiger partial charge in [-0.25, -0.2) is 0 Å². The molecule has 0 saturated heterocycles. The van der Waals surface area contributed by atoms with Gasteiger partial charge in [0.25, 0.3) is 0 Å². The second kappa shape index (κ2) is 3.32. The van der Waals surface area contributed by atoms with Crippen molar-refractivity contribution in [3.8, 4) is 0 Å². The smallest absolute Gasteiger partial charge is 0.0416 e. The lowest BCUT2D eigenvalue weighted by Crippen LogP contribution is -2.57. The Balaban J connectivity index is 2.28. The SMILES string of the molecule is CCCNC1CC(Cl)C1(C)C. The second-order valence-corrected chi connectivity index (χ2v) is 4.56. The Hall–Kier alpha value is 0.250. The van der Waals surface area contributed by atoms with Crippen molar-refractivity contribution in [2.45, 2.75) is 45.0 Å². The van der Waals surface area contributed by atoms with Gasteiger partial charge in [0.05, 0.1) is 0 Å². The van der Waals surface area contributed by atoms with E-state index in [1.807, 2.05) is 0 Å². The maximum absolute atomic E-state index is 6.07. The number of halogens is 1. The molecule has 1 aliphatic rings. The molecule has 0 spiro atoms. The van der Waals surface area contributed by atoms with Crippen LogP contribution in [0.1, 0.15) is 33.6 Å². The minimum Gasteiger partial charge on any atom is -0.313 e. The fourth-order valence-corrected chi connectivity index (χ4v) is 1.87. The van der Waals surface area contributed by atoms with Crippen LogP contribution in [0.5, 0.6) is 0 Å². The number of rotatable bonds is 3. The van der Waals surface area contributed by atoms with E-state index in [0.717, 1.165) is 13.0 Å². The van der Waals surface area contributed by atoms with Crippen LogP contribution >= 0.6 is 11.6 Å². The van der Waals surface area contributed by atoms with Crippen molar-refractivity contribution in [2.75, 3.05) is 6.54 Å². The number of alkyl halides is 1. The molecule has 0 aromatic rings.